The summed E-state index contributed by atoms with van der Waals surface area (Å²) in [5.74, 6) is -0.141. The van der Waals surface area contributed by atoms with Crippen molar-refractivity contribution in [3.63, 3.8) is 0 Å². The Hall–Kier alpha value is -0.220. The molecular weight excluding hydrogens is 210 g/mol. The molecule has 0 aliphatic carbocycles. The normalized spacial score (nSPS) is 11.5. The van der Waals surface area contributed by atoms with Crippen LogP contribution >= 0.6 is 11.8 Å². The van der Waals surface area contributed by atoms with Gasteiger partial charge in [0.1, 0.15) is 6.61 Å². The van der Waals surface area contributed by atoms with Crippen molar-refractivity contribution in [3.05, 3.63) is 0 Å². The van der Waals surface area contributed by atoms with Gasteiger partial charge in [0.25, 0.3) is 0 Å². The van der Waals surface area contributed by atoms with Gasteiger partial charge in [0.2, 0.25) is 0 Å². The van der Waals surface area contributed by atoms with E-state index in [9.17, 15) is 4.79 Å². The summed E-state index contributed by atoms with van der Waals surface area (Å²) in [4.78, 5) is 11.2. The van der Waals surface area contributed by atoms with E-state index in [1.165, 1.54) is 0 Å². The molecule has 3 nitrogen and oxygen atoms in total. The van der Waals surface area contributed by atoms with Gasteiger partial charge in [-0.15, -0.1) is 11.8 Å². The standard InChI is InChI=1S/C11H22O2S.H3N/c1-8(2)10(12)13-7-11(5,6)14-9(3)4;/h8-9H,7H2,1-6H3;1H3. The molecule has 0 radical (unpaired) electrons. The maximum absolute atomic E-state index is 11.2. The van der Waals surface area contributed by atoms with Crippen molar-refractivity contribution in [1.29, 1.82) is 0 Å². The van der Waals surface area contributed by atoms with E-state index >= 15 is 0 Å². The monoisotopic (exact) mass is 235 g/mol. The highest BCUT2D eigenvalue weighted by Gasteiger charge is 2.22. The van der Waals surface area contributed by atoms with Crippen LogP contribution in [0.1, 0.15) is 41.5 Å². The van der Waals surface area contributed by atoms with E-state index in [1.54, 1.807) is 0 Å². The van der Waals surface area contributed by atoms with Gasteiger partial charge in [-0.25, -0.2) is 0 Å². The Morgan fingerprint density at radius 1 is 1.27 bits per heavy atom. The smallest absolute Gasteiger partial charge is 0.308 e. The molecule has 0 aromatic rings. The quantitative estimate of drug-likeness (QED) is 0.743. The zero-order valence-corrected chi connectivity index (χ0v) is 11.6. The highest BCUT2D eigenvalue weighted by molar-refractivity contribution is 8.01. The summed E-state index contributed by atoms with van der Waals surface area (Å²) < 4.78 is 5.22. The van der Waals surface area contributed by atoms with E-state index < -0.39 is 0 Å². The van der Waals surface area contributed by atoms with Crippen LogP contribution in [0.25, 0.3) is 0 Å². The van der Waals surface area contributed by atoms with E-state index in [-0.39, 0.29) is 22.8 Å². The Bertz CT molecular complexity index is 191. The van der Waals surface area contributed by atoms with Gasteiger partial charge in [0.15, 0.2) is 0 Å². The Labute approximate surface area is 97.9 Å². The summed E-state index contributed by atoms with van der Waals surface area (Å²) in [5.41, 5.74) is 0. The molecule has 15 heavy (non-hydrogen) atoms. The molecule has 0 heterocycles. The van der Waals surface area contributed by atoms with Crippen molar-refractivity contribution < 1.29 is 9.53 Å². The number of hydrogen-bond donors (Lipinski definition) is 1. The lowest BCUT2D eigenvalue weighted by Gasteiger charge is -2.26. The summed E-state index contributed by atoms with van der Waals surface area (Å²) in [7, 11) is 0. The molecule has 0 unspecified atom stereocenters. The molecule has 0 spiro atoms. The molecule has 0 aromatic carbocycles. The van der Waals surface area contributed by atoms with E-state index in [4.69, 9.17) is 4.74 Å². The number of hydrogen-bond acceptors (Lipinski definition) is 4. The zero-order chi connectivity index (χ0) is 11.4. The van der Waals surface area contributed by atoms with Gasteiger partial charge >= 0.3 is 5.97 Å². The average Bonchev–Trinajstić information content (AvgIpc) is 1.97. The molecule has 0 saturated carbocycles. The summed E-state index contributed by atoms with van der Waals surface area (Å²) in [6, 6.07) is 0. The maximum Gasteiger partial charge on any atom is 0.308 e. The first kappa shape index (κ1) is 17.2. The van der Waals surface area contributed by atoms with E-state index in [0.717, 1.165) is 0 Å². The number of ether oxygens (including phenoxy) is 1. The molecule has 0 amide bonds. The Morgan fingerprint density at radius 3 is 2.07 bits per heavy atom. The molecule has 0 saturated heterocycles. The molecule has 0 atom stereocenters. The van der Waals surface area contributed by atoms with Crippen LogP contribution in [0.15, 0.2) is 0 Å². The lowest BCUT2D eigenvalue weighted by molar-refractivity contribution is -0.147. The topological polar surface area (TPSA) is 61.3 Å². The molecule has 4 heteroatoms. The fourth-order valence-corrected chi connectivity index (χ4v) is 2.49. The number of carbonyl (C=O) groups is 1. The first-order valence-corrected chi connectivity index (χ1v) is 5.97. The summed E-state index contributed by atoms with van der Waals surface area (Å²) in [6.07, 6.45) is 0. The van der Waals surface area contributed by atoms with Gasteiger partial charge < -0.3 is 10.9 Å². The summed E-state index contributed by atoms with van der Waals surface area (Å²) in [6.45, 7) is 12.7. The molecular formula is C11H25NO2S. The van der Waals surface area contributed by atoms with Crippen LogP contribution in [0.5, 0.6) is 0 Å². The first-order valence-electron chi connectivity index (χ1n) is 5.09. The van der Waals surface area contributed by atoms with Crippen molar-refractivity contribution in [1.82, 2.24) is 6.15 Å². The lowest BCUT2D eigenvalue weighted by atomic mass is 10.2. The third-order valence-electron chi connectivity index (χ3n) is 1.59. The molecule has 0 fully saturated rings. The lowest BCUT2D eigenvalue weighted by Crippen LogP contribution is -2.28. The third-order valence-corrected chi connectivity index (χ3v) is 2.82. The molecule has 0 aliphatic rings. The molecule has 3 N–H and O–H groups in total. The Kier molecular flexibility index (Phi) is 8.16. The van der Waals surface area contributed by atoms with Crippen LogP contribution in [0.2, 0.25) is 0 Å². The van der Waals surface area contributed by atoms with Crippen molar-refractivity contribution in [3.8, 4) is 0 Å². The van der Waals surface area contributed by atoms with Gasteiger partial charge in [0, 0.05) is 4.75 Å². The number of esters is 1. The minimum Gasteiger partial charge on any atom is -0.464 e. The van der Waals surface area contributed by atoms with Crippen LogP contribution in [0.4, 0.5) is 0 Å². The Morgan fingerprint density at radius 2 is 1.73 bits per heavy atom. The number of carbonyl (C=O) groups excluding carboxylic acids is 1. The largest absolute Gasteiger partial charge is 0.464 e. The van der Waals surface area contributed by atoms with Crippen molar-refractivity contribution in [2.75, 3.05) is 6.61 Å². The first-order chi connectivity index (χ1) is 6.24. The van der Waals surface area contributed by atoms with Crippen molar-refractivity contribution >= 4 is 17.7 Å². The van der Waals surface area contributed by atoms with E-state index in [2.05, 4.69) is 27.7 Å². The third kappa shape index (κ3) is 8.75. The van der Waals surface area contributed by atoms with Crippen LogP contribution in [0.3, 0.4) is 0 Å². The van der Waals surface area contributed by atoms with Crippen LogP contribution in [0, 0.1) is 5.92 Å². The second-order valence-electron chi connectivity index (χ2n) is 4.69. The fourth-order valence-electron chi connectivity index (χ4n) is 1.08. The second-order valence-corrected chi connectivity index (χ2v) is 6.97. The highest BCUT2D eigenvalue weighted by Crippen LogP contribution is 2.28. The molecule has 92 valence electrons. The molecule has 0 rings (SSSR count). The highest BCUT2D eigenvalue weighted by atomic mass is 32.2. The van der Waals surface area contributed by atoms with E-state index in [0.29, 0.717) is 11.9 Å². The predicted molar refractivity (Wildman–Crippen MR) is 67.6 cm³/mol. The average molecular weight is 235 g/mol. The molecule has 0 aliphatic heterocycles. The maximum atomic E-state index is 11.2. The molecule has 0 bridgehead atoms. The minimum atomic E-state index is -0.109. The van der Waals surface area contributed by atoms with Gasteiger partial charge in [0.05, 0.1) is 5.92 Å². The summed E-state index contributed by atoms with van der Waals surface area (Å²) in [5, 5.41) is 0.558. The van der Waals surface area contributed by atoms with Crippen molar-refractivity contribution in [2.45, 2.75) is 51.5 Å². The van der Waals surface area contributed by atoms with Gasteiger partial charge in [-0.2, -0.15) is 0 Å². The summed E-state index contributed by atoms with van der Waals surface area (Å²) >= 11 is 1.83. The van der Waals surface area contributed by atoms with Crippen LogP contribution < -0.4 is 6.15 Å². The van der Waals surface area contributed by atoms with Crippen molar-refractivity contribution in [2.24, 2.45) is 5.92 Å². The zero-order valence-electron chi connectivity index (χ0n) is 10.8. The van der Waals surface area contributed by atoms with E-state index in [1.807, 2.05) is 25.6 Å². The number of thioether (sulfide) groups is 1. The number of rotatable bonds is 5. The minimum absolute atomic E-state index is 0. The molecule has 0 aromatic heterocycles. The van der Waals surface area contributed by atoms with Gasteiger partial charge in [-0.1, -0.05) is 27.7 Å². The SMILES string of the molecule is CC(C)SC(C)(C)COC(=O)C(C)C.N. The second kappa shape index (κ2) is 7.12. The van der Waals surface area contributed by atoms with Crippen LogP contribution in [-0.2, 0) is 9.53 Å². The Balaban J connectivity index is 0. The van der Waals surface area contributed by atoms with Crippen LogP contribution in [-0.4, -0.2) is 22.6 Å². The fraction of sp³-hybridized carbons (Fsp3) is 0.909. The van der Waals surface area contributed by atoms with Gasteiger partial charge in [-0.3, -0.25) is 4.79 Å². The predicted octanol–water partition coefficient (Wildman–Crippen LogP) is 3.27. The van der Waals surface area contributed by atoms with Gasteiger partial charge in [-0.05, 0) is 19.1 Å².